The molecule has 1 saturated carbocycles. The number of benzene rings is 2. The normalized spacial score (nSPS) is 23.9. The Bertz CT molecular complexity index is 866. The summed E-state index contributed by atoms with van der Waals surface area (Å²) in [6, 6.07) is 10.5. The first-order chi connectivity index (χ1) is 13.1. The van der Waals surface area contributed by atoms with Crippen molar-refractivity contribution in [1.29, 1.82) is 0 Å². The van der Waals surface area contributed by atoms with Crippen molar-refractivity contribution in [3.63, 3.8) is 0 Å². The summed E-state index contributed by atoms with van der Waals surface area (Å²) in [4.78, 5) is 10.9. The number of hydrogen-bond donors (Lipinski definition) is 0. The van der Waals surface area contributed by atoms with Crippen LogP contribution in [0.3, 0.4) is 0 Å². The lowest BCUT2D eigenvalue weighted by atomic mass is 9.75. The molecule has 0 amide bonds. The Morgan fingerprint density at radius 1 is 1.04 bits per heavy atom. The molecule has 1 heterocycles. The molecule has 142 valence electrons. The van der Waals surface area contributed by atoms with Gasteiger partial charge in [0.2, 0.25) is 0 Å². The predicted molar refractivity (Wildman–Crippen MR) is 101 cm³/mol. The first-order valence-corrected chi connectivity index (χ1v) is 9.28. The lowest BCUT2D eigenvalue weighted by Gasteiger charge is -2.42. The highest BCUT2D eigenvalue weighted by Gasteiger charge is 2.41. The highest BCUT2D eigenvalue weighted by molar-refractivity contribution is 5.56. The molecule has 6 heteroatoms. The van der Waals surface area contributed by atoms with Gasteiger partial charge in [-0.3, -0.25) is 10.1 Å². The van der Waals surface area contributed by atoms with Crippen LogP contribution in [-0.2, 0) is 4.74 Å². The molecule has 27 heavy (non-hydrogen) atoms. The zero-order valence-corrected chi connectivity index (χ0v) is 15.5. The van der Waals surface area contributed by atoms with Crippen LogP contribution in [0.25, 0.3) is 0 Å². The molecule has 2 aromatic carbocycles. The monoisotopic (exact) mass is 369 g/mol. The molecule has 2 aromatic rings. The number of nitrogens with zero attached hydrogens (tertiary/aromatic N) is 1. The fourth-order valence-electron chi connectivity index (χ4n) is 4.48. The van der Waals surface area contributed by atoms with E-state index in [0.717, 1.165) is 53.9 Å². The number of nitro groups is 1. The molecule has 1 aliphatic heterocycles. The third-order valence-corrected chi connectivity index (χ3v) is 5.68. The number of hydrogen-bond acceptors (Lipinski definition) is 5. The van der Waals surface area contributed by atoms with Crippen LogP contribution in [0, 0.1) is 10.1 Å². The molecule has 0 N–H and O–H groups in total. The van der Waals surface area contributed by atoms with E-state index in [4.69, 9.17) is 14.2 Å². The summed E-state index contributed by atoms with van der Waals surface area (Å²) in [7, 11) is 3.32. The van der Waals surface area contributed by atoms with Crippen LogP contribution in [-0.4, -0.2) is 25.2 Å². The number of methoxy groups -OCH3 is 2. The molecule has 1 fully saturated rings. The zero-order chi connectivity index (χ0) is 19.0. The van der Waals surface area contributed by atoms with Gasteiger partial charge >= 0.3 is 0 Å². The van der Waals surface area contributed by atoms with Crippen molar-refractivity contribution < 1.29 is 19.1 Å². The third-order valence-electron chi connectivity index (χ3n) is 5.68. The Hall–Kier alpha value is -2.60. The number of fused-ring (bicyclic) bond motifs is 3. The number of rotatable bonds is 4. The van der Waals surface area contributed by atoms with Crippen molar-refractivity contribution in [2.24, 2.45) is 0 Å². The lowest BCUT2D eigenvalue weighted by Crippen LogP contribution is -2.34. The second kappa shape index (κ2) is 7.19. The van der Waals surface area contributed by atoms with Crippen molar-refractivity contribution >= 4 is 5.69 Å². The molecule has 0 radical (unpaired) electrons. The van der Waals surface area contributed by atoms with E-state index < -0.39 is 6.10 Å². The highest BCUT2D eigenvalue weighted by atomic mass is 16.6. The van der Waals surface area contributed by atoms with Gasteiger partial charge in [-0.2, -0.15) is 0 Å². The number of ether oxygens (including phenoxy) is 3. The molecule has 0 spiro atoms. The molecule has 6 nitrogen and oxygen atoms in total. The Morgan fingerprint density at radius 2 is 1.74 bits per heavy atom. The third kappa shape index (κ3) is 3.04. The van der Waals surface area contributed by atoms with Gasteiger partial charge in [-0.1, -0.05) is 25.0 Å². The maximum Gasteiger partial charge on any atom is 0.269 e. The topological polar surface area (TPSA) is 70.8 Å². The van der Waals surface area contributed by atoms with Crippen LogP contribution < -0.4 is 9.47 Å². The van der Waals surface area contributed by atoms with Crippen molar-refractivity contribution in [3.05, 3.63) is 63.2 Å². The van der Waals surface area contributed by atoms with Gasteiger partial charge in [0.05, 0.1) is 25.2 Å². The number of non-ortho nitro benzene ring substituents is 1. The van der Waals surface area contributed by atoms with E-state index in [1.807, 2.05) is 18.2 Å². The minimum Gasteiger partial charge on any atom is -0.496 e. The molecular formula is C21H23NO5. The van der Waals surface area contributed by atoms with E-state index in [9.17, 15) is 10.1 Å². The van der Waals surface area contributed by atoms with Gasteiger partial charge in [0.15, 0.2) is 0 Å². The number of nitro benzene ring substituents is 1. The molecule has 3 atom stereocenters. The van der Waals surface area contributed by atoms with Gasteiger partial charge in [0.25, 0.3) is 5.69 Å². The fraction of sp³-hybridized carbons (Fsp3) is 0.429. The van der Waals surface area contributed by atoms with E-state index in [1.165, 1.54) is 6.07 Å². The van der Waals surface area contributed by atoms with E-state index >= 15 is 0 Å². The van der Waals surface area contributed by atoms with E-state index in [2.05, 4.69) is 0 Å². The summed E-state index contributed by atoms with van der Waals surface area (Å²) in [6.07, 6.45) is 3.98. The lowest BCUT2D eigenvalue weighted by molar-refractivity contribution is -0.385. The van der Waals surface area contributed by atoms with Gasteiger partial charge < -0.3 is 14.2 Å². The molecule has 0 bridgehead atoms. The van der Waals surface area contributed by atoms with Crippen molar-refractivity contribution in [2.75, 3.05) is 14.2 Å². The Labute approximate surface area is 158 Å². The standard InChI is InChI=1S/C21H23NO5/c1-25-17-10-11-18(26-2)20-19(17)15-8-3-4-9-16(15)27-21(20)13-6-5-7-14(12-13)22(23)24/h5-7,10-12,15-16,21H,3-4,8-9H2,1-2H3/t15-,16-,21-/m1/s1. The maximum atomic E-state index is 11.3. The van der Waals surface area contributed by atoms with E-state index in [0.29, 0.717) is 0 Å². The van der Waals surface area contributed by atoms with Crippen LogP contribution in [0.15, 0.2) is 36.4 Å². The maximum absolute atomic E-state index is 11.3. The molecular weight excluding hydrogens is 346 g/mol. The molecule has 2 aliphatic rings. The van der Waals surface area contributed by atoms with Gasteiger partial charge in [-0.25, -0.2) is 0 Å². The van der Waals surface area contributed by atoms with Gasteiger partial charge in [0, 0.05) is 29.2 Å². The fourth-order valence-corrected chi connectivity index (χ4v) is 4.48. The van der Waals surface area contributed by atoms with E-state index in [1.54, 1.807) is 26.4 Å². The van der Waals surface area contributed by atoms with Crippen LogP contribution in [0.1, 0.15) is 54.4 Å². The van der Waals surface area contributed by atoms with Gasteiger partial charge in [-0.15, -0.1) is 0 Å². The van der Waals surface area contributed by atoms with Crippen LogP contribution in [0.2, 0.25) is 0 Å². The summed E-state index contributed by atoms with van der Waals surface area (Å²) in [5.41, 5.74) is 2.89. The summed E-state index contributed by atoms with van der Waals surface area (Å²) < 4.78 is 17.9. The van der Waals surface area contributed by atoms with Crippen molar-refractivity contribution in [2.45, 2.75) is 43.8 Å². The van der Waals surface area contributed by atoms with Crippen molar-refractivity contribution in [3.8, 4) is 11.5 Å². The smallest absolute Gasteiger partial charge is 0.269 e. The second-order valence-electron chi connectivity index (χ2n) is 7.10. The first-order valence-electron chi connectivity index (χ1n) is 9.28. The van der Waals surface area contributed by atoms with Gasteiger partial charge in [0.1, 0.15) is 17.6 Å². The Kier molecular flexibility index (Phi) is 4.74. The molecule has 4 rings (SSSR count). The summed E-state index contributed by atoms with van der Waals surface area (Å²) in [5.74, 6) is 1.82. The van der Waals surface area contributed by atoms with Crippen LogP contribution >= 0.6 is 0 Å². The van der Waals surface area contributed by atoms with E-state index in [-0.39, 0.29) is 22.6 Å². The minimum absolute atomic E-state index is 0.0604. The summed E-state index contributed by atoms with van der Waals surface area (Å²) >= 11 is 0. The minimum atomic E-state index is -0.413. The average molecular weight is 369 g/mol. The highest BCUT2D eigenvalue weighted by Crippen LogP contribution is 2.52. The average Bonchev–Trinajstić information content (AvgIpc) is 2.72. The van der Waals surface area contributed by atoms with Crippen LogP contribution in [0.4, 0.5) is 5.69 Å². The zero-order valence-electron chi connectivity index (χ0n) is 15.5. The molecule has 0 saturated heterocycles. The molecule has 0 aromatic heterocycles. The summed E-state index contributed by atoms with van der Waals surface area (Å²) in [5, 5.41) is 11.3. The van der Waals surface area contributed by atoms with Gasteiger partial charge in [-0.05, 0) is 30.5 Å². The van der Waals surface area contributed by atoms with Crippen molar-refractivity contribution in [1.82, 2.24) is 0 Å². The first kappa shape index (κ1) is 17.8. The summed E-state index contributed by atoms with van der Waals surface area (Å²) in [6.45, 7) is 0. The SMILES string of the molecule is COc1ccc(OC)c2c1[C@@H](c1cccc([N+](=O)[O-])c1)O[C@@H]1CCCC[C@@H]21. The van der Waals surface area contributed by atoms with Crippen LogP contribution in [0.5, 0.6) is 11.5 Å². The molecule has 1 aliphatic carbocycles. The Balaban J connectivity index is 1.91. The quantitative estimate of drug-likeness (QED) is 0.574. The Morgan fingerprint density at radius 3 is 2.44 bits per heavy atom. The predicted octanol–water partition coefficient (Wildman–Crippen LogP) is 4.76. The largest absolute Gasteiger partial charge is 0.496 e. The second-order valence-corrected chi connectivity index (χ2v) is 7.10. The molecule has 0 unspecified atom stereocenters.